The van der Waals surface area contributed by atoms with Crippen LogP contribution in [0.1, 0.15) is 15.9 Å². The summed E-state index contributed by atoms with van der Waals surface area (Å²) in [4.78, 5) is 28.8. The molecular weight excluding hydrogens is 364 g/mol. The first-order chi connectivity index (χ1) is 13.0. The number of hydrogen-bond donors (Lipinski definition) is 1. The molecule has 0 unspecified atom stereocenters. The molecule has 27 heavy (non-hydrogen) atoms. The Hall–Kier alpha value is -3.52. The van der Waals surface area contributed by atoms with Crippen molar-refractivity contribution in [2.75, 3.05) is 5.32 Å². The van der Waals surface area contributed by atoms with E-state index in [0.717, 1.165) is 10.4 Å². The highest BCUT2D eigenvalue weighted by Crippen LogP contribution is 2.32. The van der Waals surface area contributed by atoms with Gasteiger partial charge in [0, 0.05) is 23.9 Å². The van der Waals surface area contributed by atoms with Crippen LogP contribution in [0, 0.1) is 17.0 Å². The number of carbonyl (C=O) groups excluding carboxylic acids is 1. The lowest BCUT2D eigenvalue weighted by Gasteiger charge is -2.07. The molecule has 0 atom stereocenters. The minimum atomic E-state index is -0.523. The van der Waals surface area contributed by atoms with E-state index in [2.05, 4.69) is 10.3 Å². The van der Waals surface area contributed by atoms with E-state index in [1.54, 1.807) is 10.5 Å². The molecule has 8 heteroatoms. The van der Waals surface area contributed by atoms with Crippen LogP contribution in [0.25, 0.3) is 16.2 Å². The first kappa shape index (κ1) is 16.9. The van der Waals surface area contributed by atoms with E-state index >= 15 is 0 Å². The molecule has 1 amide bonds. The third-order valence-corrected chi connectivity index (χ3v) is 4.96. The molecule has 0 radical (unpaired) electrons. The van der Waals surface area contributed by atoms with E-state index in [4.69, 9.17) is 0 Å². The van der Waals surface area contributed by atoms with Crippen LogP contribution in [-0.4, -0.2) is 20.2 Å². The van der Waals surface area contributed by atoms with Gasteiger partial charge in [-0.05, 0) is 42.1 Å². The van der Waals surface area contributed by atoms with Gasteiger partial charge in [0.15, 0.2) is 0 Å². The zero-order valence-electron chi connectivity index (χ0n) is 14.2. The summed E-state index contributed by atoms with van der Waals surface area (Å²) in [5.41, 5.74) is 2.52. The molecular formula is C19H14N4O3S. The Morgan fingerprint density at radius 2 is 2.07 bits per heavy atom. The van der Waals surface area contributed by atoms with Crippen molar-refractivity contribution in [1.29, 1.82) is 0 Å². The molecule has 0 bridgehead atoms. The summed E-state index contributed by atoms with van der Waals surface area (Å²) in [6.07, 6.45) is 1.85. The normalized spacial score (nSPS) is 10.9. The highest BCUT2D eigenvalue weighted by Gasteiger charge is 2.19. The highest BCUT2D eigenvalue weighted by molar-refractivity contribution is 7.13. The number of pyridine rings is 1. The number of anilines is 1. The lowest BCUT2D eigenvalue weighted by molar-refractivity contribution is -0.384. The number of nitro benzene ring substituents is 1. The second-order valence-corrected chi connectivity index (χ2v) is 6.93. The SMILES string of the molecule is Cc1ccn2c(NC(=O)c3cccc([N+](=O)[O-])c3)c(-c3cccs3)nc2c1. The summed E-state index contributed by atoms with van der Waals surface area (Å²) in [5.74, 6) is 0.0998. The molecule has 0 saturated heterocycles. The van der Waals surface area contributed by atoms with Gasteiger partial charge in [-0.3, -0.25) is 19.3 Å². The molecule has 3 aromatic heterocycles. The van der Waals surface area contributed by atoms with Crippen LogP contribution in [0.3, 0.4) is 0 Å². The fourth-order valence-electron chi connectivity index (χ4n) is 2.79. The fourth-order valence-corrected chi connectivity index (χ4v) is 3.51. The van der Waals surface area contributed by atoms with Crippen molar-refractivity contribution in [3.8, 4) is 10.6 Å². The van der Waals surface area contributed by atoms with Gasteiger partial charge < -0.3 is 5.32 Å². The summed E-state index contributed by atoms with van der Waals surface area (Å²) in [6.45, 7) is 1.97. The van der Waals surface area contributed by atoms with E-state index < -0.39 is 10.8 Å². The van der Waals surface area contributed by atoms with E-state index in [1.807, 2.05) is 42.8 Å². The Balaban J connectivity index is 1.79. The molecule has 0 aliphatic rings. The van der Waals surface area contributed by atoms with E-state index in [1.165, 1.54) is 29.5 Å². The lowest BCUT2D eigenvalue weighted by Crippen LogP contribution is -2.14. The fraction of sp³-hybridized carbons (Fsp3) is 0.0526. The number of aromatic nitrogens is 2. The van der Waals surface area contributed by atoms with Gasteiger partial charge in [0.1, 0.15) is 17.2 Å². The minimum Gasteiger partial charge on any atom is -0.306 e. The van der Waals surface area contributed by atoms with Crippen LogP contribution in [-0.2, 0) is 0 Å². The van der Waals surface area contributed by atoms with Gasteiger partial charge in [0.25, 0.3) is 11.6 Å². The first-order valence-electron chi connectivity index (χ1n) is 8.11. The maximum absolute atomic E-state index is 12.7. The third-order valence-electron chi connectivity index (χ3n) is 4.09. The maximum atomic E-state index is 12.7. The van der Waals surface area contributed by atoms with Gasteiger partial charge in [0.2, 0.25) is 0 Å². The number of benzene rings is 1. The third kappa shape index (κ3) is 3.18. The number of thiophene rings is 1. The molecule has 0 spiro atoms. The number of hydrogen-bond acceptors (Lipinski definition) is 5. The van der Waals surface area contributed by atoms with Gasteiger partial charge in [-0.2, -0.15) is 0 Å². The summed E-state index contributed by atoms with van der Waals surface area (Å²) in [7, 11) is 0. The number of nitrogens with zero attached hydrogens (tertiary/aromatic N) is 3. The molecule has 4 rings (SSSR count). The maximum Gasteiger partial charge on any atom is 0.270 e. The summed E-state index contributed by atoms with van der Waals surface area (Å²) >= 11 is 1.52. The van der Waals surface area contributed by atoms with Crippen LogP contribution in [0.4, 0.5) is 11.5 Å². The lowest BCUT2D eigenvalue weighted by atomic mass is 10.2. The van der Waals surface area contributed by atoms with Crippen LogP contribution in [0.5, 0.6) is 0 Å². The second kappa shape index (κ2) is 6.65. The summed E-state index contributed by atoms with van der Waals surface area (Å²) in [6, 6.07) is 13.4. The molecule has 4 aromatic rings. The average Bonchev–Trinajstić information content (AvgIpc) is 3.29. The van der Waals surface area contributed by atoms with Crippen molar-refractivity contribution in [3.63, 3.8) is 0 Å². The van der Waals surface area contributed by atoms with Crippen molar-refractivity contribution in [2.45, 2.75) is 6.92 Å². The molecule has 0 aliphatic heterocycles. The van der Waals surface area contributed by atoms with Crippen molar-refractivity contribution in [2.24, 2.45) is 0 Å². The number of rotatable bonds is 4. The number of nitrogens with one attached hydrogen (secondary N) is 1. The number of amides is 1. The minimum absolute atomic E-state index is 0.130. The Morgan fingerprint density at radius 3 is 2.81 bits per heavy atom. The highest BCUT2D eigenvalue weighted by atomic mass is 32.1. The molecule has 7 nitrogen and oxygen atoms in total. The first-order valence-corrected chi connectivity index (χ1v) is 8.99. The van der Waals surface area contributed by atoms with Gasteiger partial charge in [-0.1, -0.05) is 12.1 Å². The number of carbonyl (C=O) groups is 1. The Kier molecular flexibility index (Phi) is 4.17. The molecule has 1 N–H and O–H groups in total. The van der Waals surface area contributed by atoms with Crippen molar-refractivity contribution < 1.29 is 9.72 Å². The van der Waals surface area contributed by atoms with Crippen LogP contribution in [0.15, 0.2) is 60.1 Å². The van der Waals surface area contributed by atoms with E-state index in [9.17, 15) is 14.9 Å². The van der Waals surface area contributed by atoms with Gasteiger partial charge in [-0.25, -0.2) is 4.98 Å². The van der Waals surface area contributed by atoms with E-state index in [0.29, 0.717) is 17.2 Å². The quantitative estimate of drug-likeness (QED) is 0.417. The molecule has 0 aliphatic carbocycles. The number of non-ortho nitro benzene ring substituents is 1. The predicted molar refractivity (Wildman–Crippen MR) is 104 cm³/mol. The van der Waals surface area contributed by atoms with Crippen molar-refractivity contribution in [1.82, 2.24) is 9.38 Å². The molecule has 1 aromatic carbocycles. The van der Waals surface area contributed by atoms with Crippen LogP contribution in [0.2, 0.25) is 0 Å². The predicted octanol–water partition coefficient (Wildman–Crippen LogP) is 4.53. The van der Waals surface area contributed by atoms with E-state index in [-0.39, 0.29) is 11.3 Å². The second-order valence-electron chi connectivity index (χ2n) is 5.98. The Labute approximate surface area is 158 Å². The zero-order valence-corrected chi connectivity index (χ0v) is 15.1. The molecule has 0 saturated carbocycles. The topological polar surface area (TPSA) is 89.5 Å². The Bertz CT molecular complexity index is 1170. The summed E-state index contributed by atoms with van der Waals surface area (Å²) in [5, 5.41) is 15.8. The van der Waals surface area contributed by atoms with Gasteiger partial charge in [0.05, 0.1) is 9.80 Å². The van der Waals surface area contributed by atoms with Gasteiger partial charge in [-0.15, -0.1) is 11.3 Å². The molecule has 3 heterocycles. The van der Waals surface area contributed by atoms with Crippen LogP contribution >= 0.6 is 11.3 Å². The summed E-state index contributed by atoms with van der Waals surface area (Å²) < 4.78 is 1.80. The van der Waals surface area contributed by atoms with Crippen molar-refractivity contribution >= 4 is 34.4 Å². The molecule has 134 valence electrons. The Morgan fingerprint density at radius 1 is 1.22 bits per heavy atom. The smallest absolute Gasteiger partial charge is 0.270 e. The van der Waals surface area contributed by atoms with Crippen LogP contribution < -0.4 is 5.32 Å². The number of nitro groups is 1. The number of aryl methyl sites for hydroxylation is 1. The average molecular weight is 378 g/mol. The van der Waals surface area contributed by atoms with Crippen molar-refractivity contribution in [3.05, 3.63) is 81.3 Å². The standard InChI is InChI=1S/C19H14N4O3S/c1-12-7-8-22-16(10-12)20-17(15-6-3-9-27-15)18(22)21-19(24)13-4-2-5-14(11-13)23(25)26/h2-11H,1H3,(H,21,24). The number of imidazole rings is 1. The monoisotopic (exact) mass is 378 g/mol. The zero-order chi connectivity index (χ0) is 19.0. The van der Waals surface area contributed by atoms with Gasteiger partial charge >= 0.3 is 0 Å². The molecule has 0 fully saturated rings. The largest absolute Gasteiger partial charge is 0.306 e. The number of fused-ring (bicyclic) bond motifs is 1.